The topological polar surface area (TPSA) is 67.2 Å². The number of carbonyl (C=O) groups is 2. The van der Waals surface area contributed by atoms with Gasteiger partial charge in [-0.3, -0.25) is 9.59 Å². The monoisotopic (exact) mass is 442 g/mol. The molecule has 1 aromatic heterocycles. The minimum Gasteiger partial charge on any atom is -0.339 e. The molecule has 6 nitrogen and oxygen atoms in total. The van der Waals surface area contributed by atoms with Crippen molar-refractivity contribution < 1.29 is 9.59 Å². The van der Waals surface area contributed by atoms with Gasteiger partial charge < -0.3 is 10.2 Å². The number of hydrogen-bond acceptors (Lipinski definition) is 4. The Morgan fingerprint density at radius 1 is 1.13 bits per heavy atom. The van der Waals surface area contributed by atoms with Crippen molar-refractivity contribution in [2.75, 3.05) is 19.4 Å². The van der Waals surface area contributed by atoms with Crippen LogP contribution in [0.1, 0.15) is 35.8 Å². The maximum absolute atomic E-state index is 12.9. The Labute approximate surface area is 185 Å². The van der Waals surface area contributed by atoms with Gasteiger partial charge in [0.25, 0.3) is 11.1 Å². The molecule has 3 aromatic rings. The van der Waals surface area contributed by atoms with E-state index in [1.54, 1.807) is 55.3 Å². The fourth-order valence-corrected chi connectivity index (χ4v) is 3.74. The standard InChI is InChI=1S/C22H23ClN4O2S/c1-14(2)20-19(13-24-27(20)17-7-5-6-15(23)12-17)21(28)25-16-8-10-18(11-9-16)30-22(29)26(3)4/h5-14H,1-4H3,(H,25,28). The van der Waals surface area contributed by atoms with Crippen molar-refractivity contribution in [3.8, 4) is 5.69 Å². The van der Waals surface area contributed by atoms with Crippen LogP contribution in [0.25, 0.3) is 5.69 Å². The van der Waals surface area contributed by atoms with Crippen molar-refractivity contribution >= 4 is 40.2 Å². The Hall–Kier alpha value is -2.77. The van der Waals surface area contributed by atoms with Crippen LogP contribution >= 0.6 is 23.4 Å². The summed E-state index contributed by atoms with van der Waals surface area (Å²) in [5, 5.41) is 7.89. The summed E-state index contributed by atoms with van der Waals surface area (Å²) in [5.74, 6) is -0.167. The summed E-state index contributed by atoms with van der Waals surface area (Å²) < 4.78 is 1.75. The average Bonchev–Trinajstić information content (AvgIpc) is 3.15. The van der Waals surface area contributed by atoms with Crippen molar-refractivity contribution in [3.63, 3.8) is 0 Å². The first-order valence-electron chi connectivity index (χ1n) is 9.40. The number of benzene rings is 2. The van der Waals surface area contributed by atoms with Crippen LogP contribution < -0.4 is 5.32 Å². The average molecular weight is 443 g/mol. The SMILES string of the molecule is CC(C)c1c(C(=O)Nc2ccc(SC(=O)N(C)C)cc2)cnn1-c1cccc(Cl)c1. The zero-order chi connectivity index (χ0) is 21.8. The highest BCUT2D eigenvalue weighted by Gasteiger charge is 2.21. The van der Waals surface area contributed by atoms with Gasteiger partial charge in [-0.25, -0.2) is 4.68 Å². The van der Waals surface area contributed by atoms with E-state index in [4.69, 9.17) is 11.6 Å². The number of aromatic nitrogens is 2. The van der Waals surface area contributed by atoms with Gasteiger partial charge in [0.2, 0.25) is 0 Å². The summed E-state index contributed by atoms with van der Waals surface area (Å²) in [6.07, 6.45) is 1.57. The quantitative estimate of drug-likeness (QED) is 0.516. The molecule has 0 aliphatic rings. The normalized spacial score (nSPS) is 10.9. The summed E-state index contributed by atoms with van der Waals surface area (Å²) in [5.41, 5.74) is 2.76. The predicted octanol–water partition coefficient (Wildman–Crippen LogP) is 5.68. The number of hydrogen-bond donors (Lipinski definition) is 1. The van der Waals surface area contributed by atoms with E-state index in [9.17, 15) is 9.59 Å². The molecule has 2 amide bonds. The van der Waals surface area contributed by atoms with E-state index in [2.05, 4.69) is 10.4 Å². The van der Waals surface area contributed by atoms with E-state index < -0.39 is 0 Å². The van der Waals surface area contributed by atoms with Gasteiger partial charge in [-0.05, 0) is 60.1 Å². The molecule has 1 heterocycles. The van der Waals surface area contributed by atoms with Gasteiger partial charge in [0.15, 0.2) is 0 Å². The summed E-state index contributed by atoms with van der Waals surface area (Å²) >= 11 is 7.25. The van der Waals surface area contributed by atoms with Crippen molar-refractivity contribution in [1.82, 2.24) is 14.7 Å². The molecule has 2 aromatic carbocycles. The second kappa shape index (κ2) is 9.36. The van der Waals surface area contributed by atoms with Crippen LogP contribution in [-0.4, -0.2) is 39.9 Å². The van der Waals surface area contributed by atoms with Crippen LogP contribution in [0.2, 0.25) is 5.02 Å². The van der Waals surface area contributed by atoms with Crippen LogP contribution in [0.5, 0.6) is 0 Å². The minimum atomic E-state index is -0.239. The van der Waals surface area contributed by atoms with E-state index in [0.29, 0.717) is 16.3 Å². The maximum Gasteiger partial charge on any atom is 0.285 e. The first-order chi connectivity index (χ1) is 14.3. The van der Waals surface area contributed by atoms with Crippen molar-refractivity contribution in [3.05, 3.63) is 71.0 Å². The Bertz CT molecular complexity index is 1060. The lowest BCUT2D eigenvalue weighted by Gasteiger charge is -2.13. The van der Waals surface area contributed by atoms with Crippen molar-refractivity contribution in [2.24, 2.45) is 0 Å². The molecule has 3 rings (SSSR count). The predicted molar refractivity (Wildman–Crippen MR) is 122 cm³/mol. The number of nitrogens with one attached hydrogen (secondary N) is 1. The largest absolute Gasteiger partial charge is 0.339 e. The third-order valence-electron chi connectivity index (χ3n) is 4.33. The molecular formula is C22H23ClN4O2S. The van der Waals surface area contributed by atoms with Crippen LogP contribution in [0, 0.1) is 0 Å². The van der Waals surface area contributed by atoms with Gasteiger partial charge in [0, 0.05) is 29.7 Å². The number of anilines is 1. The van der Waals surface area contributed by atoms with Crippen LogP contribution in [-0.2, 0) is 0 Å². The van der Waals surface area contributed by atoms with Crippen molar-refractivity contribution in [1.29, 1.82) is 0 Å². The molecule has 0 saturated carbocycles. The third-order valence-corrected chi connectivity index (χ3v) is 5.62. The molecule has 1 N–H and O–H groups in total. The molecule has 0 radical (unpaired) electrons. The number of carbonyl (C=O) groups excluding carboxylic acids is 2. The van der Waals surface area contributed by atoms with E-state index in [1.807, 2.05) is 32.0 Å². The Morgan fingerprint density at radius 2 is 1.83 bits per heavy atom. The second-order valence-corrected chi connectivity index (χ2v) is 8.69. The molecule has 0 aliphatic carbocycles. The Morgan fingerprint density at radius 3 is 2.43 bits per heavy atom. The van der Waals surface area contributed by atoms with Gasteiger partial charge in [-0.15, -0.1) is 0 Å². The van der Waals surface area contributed by atoms with Gasteiger partial charge in [0.05, 0.1) is 23.1 Å². The van der Waals surface area contributed by atoms with E-state index in [1.165, 1.54) is 4.90 Å². The number of rotatable bonds is 5. The minimum absolute atomic E-state index is 0.0539. The molecule has 0 saturated heterocycles. The molecule has 0 bridgehead atoms. The lowest BCUT2D eigenvalue weighted by atomic mass is 10.0. The fourth-order valence-electron chi connectivity index (χ4n) is 2.90. The molecule has 0 aliphatic heterocycles. The lowest BCUT2D eigenvalue weighted by Crippen LogP contribution is -2.16. The molecular weight excluding hydrogens is 420 g/mol. The molecule has 8 heteroatoms. The first kappa shape index (κ1) is 21.9. The van der Waals surface area contributed by atoms with Crippen LogP contribution in [0.15, 0.2) is 59.6 Å². The Balaban J connectivity index is 1.81. The van der Waals surface area contributed by atoms with Gasteiger partial charge in [-0.1, -0.05) is 31.5 Å². The molecule has 0 spiro atoms. The first-order valence-corrected chi connectivity index (χ1v) is 10.6. The lowest BCUT2D eigenvalue weighted by molar-refractivity contribution is 0.102. The molecule has 30 heavy (non-hydrogen) atoms. The van der Waals surface area contributed by atoms with Crippen LogP contribution in [0.4, 0.5) is 10.5 Å². The summed E-state index contributed by atoms with van der Waals surface area (Å²) in [4.78, 5) is 27.1. The van der Waals surface area contributed by atoms with Gasteiger partial charge in [-0.2, -0.15) is 5.10 Å². The summed E-state index contributed by atoms with van der Waals surface area (Å²) in [7, 11) is 3.42. The third kappa shape index (κ3) is 5.04. The number of halogens is 1. The fraction of sp³-hybridized carbons (Fsp3) is 0.227. The molecule has 0 atom stereocenters. The number of amides is 2. The zero-order valence-corrected chi connectivity index (χ0v) is 18.8. The maximum atomic E-state index is 12.9. The van der Waals surface area contributed by atoms with E-state index >= 15 is 0 Å². The van der Waals surface area contributed by atoms with Crippen LogP contribution in [0.3, 0.4) is 0 Å². The number of nitrogens with zero attached hydrogens (tertiary/aromatic N) is 3. The van der Waals surface area contributed by atoms with Gasteiger partial charge in [0.1, 0.15) is 0 Å². The zero-order valence-electron chi connectivity index (χ0n) is 17.2. The molecule has 0 fully saturated rings. The summed E-state index contributed by atoms with van der Waals surface area (Å²) in [6, 6.07) is 14.5. The van der Waals surface area contributed by atoms with E-state index in [0.717, 1.165) is 28.0 Å². The molecule has 156 valence electrons. The highest BCUT2D eigenvalue weighted by molar-refractivity contribution is 8.13. The molecule has 0 unspecified atom stereocenters. The highest BCUT2D eigenvalue weighted by Crippen LogP contribution is 2.26. The van der Waals surface area contributed by atoms with Gasteiger partial charge >= 0.3 is 0 Å². The highest BCUT2D eigenvalue weighted by atomic mass is 35.5. The summed E-state index contributed by atoms with van der Waals surface area (Å²) in [6.45, 7) is 4.03. The van der Waals surface area contributed by atoms with E-state index in [-0.39, 0.29) is 17.1 Å². The Kier molecular flexibility index (Phi) is 6.84. The number of thioether (sulfide) groups is 1. The smallest absolute Gasteiger partial charge is 0.285 e. The second-order valence-electron chi connectivity index (χ2n) is 7.23. The van der Waals surface area contributed by atoms with Crippen molar-refractivity contribution in [2.45, 2.75) is 24.7 Å².